The molecule has 7 nitrogen and oxygen atoms in total. The van der Waals surface area contributed by atoms with Crippen LogP contribution in [-0.2, 0) is 0 Å². The minimum absolute atomic E-state index is 0.0000475. The number of nitrogens with zero attached hydrogens (tertiary/aromatic N) is 4. The summed E-state index contributed by atoms with van der Waals surface area (Å²) in [7, 11) is 0. The van der Waals surface area contributed by atoms with Gasteiger partial charge in [-0.3, -0.25) is 4.90 Å². The fourth-order valence-corrected chi connectivity index (χ4v) is 7.89. The molecular weight excluding hydrogens is 548 g/mol. The molecule has 2 atom stereocenters. The summed E-state index contributed by atoms with van der Waals surface area (Å²) in [4.78, 5) is 13.9. The van der Waals surface area contributed by atoms with E-state index >= 15 is 4.39 Å². The van der Waals surface area contributed by atoms with E-state index < -0.39 is 12.0 Å². The number of alkyl halides is 1. The van der Waals surface area contributed by atoms with E-state index in [1.807, 2.05) is 6.07 Å². The molecule has 1 aromatic heterocycles. The van der Waals surface area contributed by atoms with E-state index in [9.17, 15) is 9.50 Å². The van der Waals surface area contributed by atoms with Crippen molar-refractivity contribution in [2.24, 2.45) is 0 Å². The number of aromatic nitrogens is 2. The number of benzene rings is 2. The standard InChI is InChI=1S/C31H34ClF2N5O2/c32-24-13-20(40)12-23(25(24)18-2-3-18)21-4-5-22-27(26(21)34)36-29(37-28(22)38-11-9-35-30(16-38)7-8-30)41-17-31-6-1-10-39(31)15-19(33)14-31/h4-5,12-13,18-19,35,40H,1-3,6-11,14-17H2/t19-,31+/m1/s1. The zero-order valence-electron chi connectivity index (χ0n) is 22.9. The second kappa shape index (κ2) is 9.38. The van der Waals surface area contributed by atoms with E-state index in [1.165, 1.54) is 6.07 Å². The first kappa shape index (κ1) is 25.9. The minimum Gasteiger partial charge on any atom is -0.508 e. The van der Waals surface area contributed by atoms with Crippen LogP contribution in [0.5, 0.6) is 11.8 Å². The van der Waals surface area contributed by atoms with Gasteiger partial charge in [-0.05, 0) is 80.3 Å². The molecule has 2 N–H and O–H groups in total. The minimum atomic E-state index is -0.864. The molecule has 10 heteroatoms. The lowest BCUT2D eigenvalue weighted by Crippen LogP contribution is -2.52. The number of ether oxygens (including phenoxy) is 1. The Labute approximate surface area is 242 Å². The van der Waals surface area contributed by atoms with Crippen LogP contribution in [0.2, 0.25) is 5.02 Å². The summed E-state index contributed by atoms with van der Waals surface area (Å²) >= 11 is 6.56. The van der Waals surface area contributed by atoms with Crippen molar-refractivity contribution < 1.29 is 18.6 Å². The van der Waals surface area contributed by atoms with E-state index in [0.29, 0.717) is 40.3 Å². The first-order valence-corrected chi connectivity index (χ1v) is 15.3. The van der Waals surface area contributed by atoms with Crippen LogP contribution in [-0.4, -0.2) is 76.6 Å². The highest BCUT2D eigenvalue weighted by molar-refractivity contribution is 6.32. The lowest BCUT2D eigenvalue weighted by molar-refractivity contribution is 0.107. The van der Waals surface area contributed by atoms with Crippen molar-refractivity contribution in [1.29, 1.82) is 0 Å². The van der Waals surface area contributed by atoms with Gasteiger partial charge in [0.1, 0.15) is 29.9 Å². The van der Waals surface area contributed by atoms with Gasteiger partial charge < -0.3 is 20.1 Å². The lowest BCUT2D eigenvalue weighted by atomic mass is 9.94. The highest BCUT2D eigenvalue weighted by atomic mass is 35.5. The third kappa shape index (κ3) is 4.43. The van der Waals surface area contributed by atoms with E-state index in [0.717, 1.165) is 70.3 Å². The molecule has 5 fully saturated rings. The third-order valence-corrected chi connectivity index (χ3v) is 10.2. The van der Waals surface area contributed by atoms with Crippen LogP contribution in [0, 0.1) is 5.82 Å². The number of piperazine rings is 1. The van der Waals surface area contributed by atoms with Crippen LogP contribution in [0.4, 0.5) is 14.6 Å². The third-order valence-electron chi connectivity index (χ3n) is 9.92. The Bertz CT molecular complexity index is 1550. The van der Waals surface area contributed by atoms with Crippen molar-refractivity contribution in [3.63, 3.8) is 0 Å². The average Bonchev–Trinajstić information content (AvgIpc) is 3.85. The molecule has 2 aliphatic carbocycles. The first-order chi connectivity index (χ1) is 19.8. The zero-order valence-corrected chi connectivity index (χ0v) is 23.7. The Kier molecular flexibility index (Phi) is 5.93. The first-order valence-electron chi connectivity index (χ1n) is 14.9. The van der Waals surface area contributed by atoms with Crippen LogP contribution in [0.15, 0.2) is 24.3 Å². The normalized spacial score (nSPS) is 27.1. The fraction of sp³-hybridized carbons (Fsp3) is 0.548. The molecule has 3 aromatic rings. The monoisotopic (exact) mass is 581 g/mol. The van der Waals surface area contributed by atoms with Crippen molar-refractivity contribution in [1.82, 2.24) is 20.2 Å². The second-order valence-electron chi connectivity index (χ2n) is 12.8. The van der Waals surface area contributed by atoms with Crippen LogP contribution < -0.4 is 15.0 Å². The number of rotatable bonds is 6. The second-order valence-corrected chi connectivity index (χ2v) is 13.2. The molecule has 2 aromatic carbocycles. The molecule has 2 saturated carbocycles. The highest BCUT2D eigenvalue weighted by Gasteiger charge is 2.50. The van der Waals surface area contributed by atoms with Crippen LogP contribution in [0.3, 0.4) is 0 Å². The Morgan fingerprint density at radius 1 is 1.12 bits per heavy atom. The maximum Gasteiger partial charge on any atom is 0.319 e. The number of hydrogen-bond donors (Lipinski definition) is 2. The van der Waals surface area contributed by atoms with Gasteiger partial charge in [0.2, 0.25) is 0 Å². The summed E-state index contributed by atoms with van der Waals surface area (Å²) in [6.45, 7) is 3.93. The number of phenolic OH excluding ortho intramolecular Hbond substituents is 1. The van der Waals surface area contributed by atoms with Crippen LogP contribution >= 0.6 is 11.6 Å². The fourth-order valence-electron chi connectivity index (χ4n) is 7.52. The number of nitrogens with one attached hydrogen (secondary N) is 1. The summed E-state index contributed by atoms with van der Waals surface area (Å²) in [5.74, 6) is 0.430. The molecule has 0 amide bonds. The van der Waals surface area contributed by atoms with Gasteiger partial charge in [0.15, 0.2) is 5.82 Å². The van der Waals surface area contributed by atoms with Gasteiger partial charge in [-0.1, -0.05) is 17.7 Å². The number of halogens is 3. The van der Waals surface area contributed by atoms with Crippen molar-refractivity contribution in [2.75, 3.05) is 44.2 Å². The zero-order chi connectivity index (χ0) is 27.9. The average molecular weight is 582 g/mol. The Hall–Kier alpha value is -2.75. The smallest absolute Gasteiger partial charge is 0.319 e. The number of anilines is 1. The SMILES string of the molecule is Oc1cc(Cl)c(C2CC2)c(-c2ccc3c(N4CCNC5(CC5)C4)nc(OC[C@@]45CCCN4C[C@H](F)C5)nc3c2F)c1. The molecule has 0 bridgehead atoms. The van der Waals surface area contributed by atoms with Gasteiger partial charge in [0, 0.05) is 54.1 Å². The molecule has 0 unspecified atom stereocenters. The van der Waals surface area contributed by atoms with Gasteiger partial charge in [0.05, 0.1) is 5.54 Å². The Morgan fingerprint density at radius 3 is 2.78 bits per heavy atom. The maximum atomic E-state index is 16.6. The molecular formula is C31H34ClF2N5O2. The van der Waals surface area contributed by atoms with Gasteiger partial charge >= 0.3 is 6.01 Å². The molecule has 0 radical (unpaired) electrons. The molecule has 3 saturated heterocycles. The Balaban J connectivity index is 1.23. The summed E-state index contributed by atoms with van der Waals surface area (Å²) in [6, 6.07) is 6.88. The molecule has 1 spiro atoms. The molecule has 5 aliphatic rings. The molecule has 8 rings (SSSR count). The van der Waals surface area contributed by atoms with Gasteiger partial charge in [-0.25, -0.2) is 8.78 Å². The maximum absolute atomic E-state index is 16.6. The summed E-state index contributed by atoms with van der Waals surface area (Å²) in [6.07, 6.45) is 5.65. The molecule has 3 aliphatic heterocycles. The summed E-state index contributed by atoms with van der Waals surface area (Å²) < 4.78 is 37.3. The number of aromatic hydroxyl groups is 1. The van der Waals surface area contributed by atoms with Gasteiger partial charge in [0.25, 0.3) is 0 Å². The predicted molar refractivity (Wildman–Crippen MR) is 154 cm³/mol. The van der Waals surface area contributed by atoms with Crippen LogP contribution in [0.1, 0.15) is 56.4 Å². The van der Waals surface area contributed by atoms with E-state index in [-0.39, 0.29) is 40.9 Å². The van der Waals surface area contributed by atoms with Crippen molar-refractivity contribution >= 4 is 28.3 Å². The molecule has 41 heavy (non-hydrogen) atoms. The van der Waals surface area contributed by atoms with E-state index in [1.54, 1.807) is 12.1 Å². The topological polar surface area (TPSA) is 73.8 Å². The Morgan fingerprint density at radius 2 is 1.98 bits per heavy atom. The van der Waals surface area contributed by atoms with E-state index in [4.69, 9.17) is 21.3 Å². The molecule has 4 heterocycles. The number of hydrogen-bond acceptors (Lipinski definition) is 7. The summed E-state index contributed by atoms with van der Waals surface area (Å²) in [5.41, 5.74) is 1.73. The van der Waals surface area contributed by atoms with Crippen molar-refractivity contribution in [2.45, 2.75) is 68.1 Å². The number of fused-ring (bicyclic) bond motifs is 2. The largest absolute Gasteiger partial charge is 0.508 e. The number of phenols is 1. The van der Waals surface area contributed by atoms with Crippen molar-refractivity contribution in [3.05, 3.63) is 40.7 Å². The van der Waals surface area contributed by atoms with Crippen LogP contribution in [0.25, 0.3) is 22.0 Å². The van der Waals surface area contributed by atoms with Gasteiger partial charge in [-0.15, -0.1) is 0 Å². The lowest BCUT2D eigenvalue weighted by Gasteiger charge is -2.35. The highest BCUT2D eigenvalue weighted by Crippen LogP contribution is 2.50. The quantitative estimate of drug-likeness (QED) is 0.394. The van der Waals surface area contributed by atoms with Gasteiger partial charge in [-0.2, -0.15) is 9.97 Å². The summed E-state index contributed by atoms with van der Waals surface area (Å²) in [5, 5.41) is 15.1. The predicted octanol–water partition coefficient (Wildman–Crippen LogP) is 5.57. The van der Waals surface area contributed by atoms with Crippen molar-refractivity contribution in [3.8, 4) is 22.9 Å². The van der Waals surface area contributed by atoms with E-state index in [2.05, 4.69) is 20.1 Å². The molecule has 216 valence electrons.